The monoisotopic (exact) mass is 323 g/mol. The van der Waals surface area contributed by atoms with E-state index in [-0.39, 0.29) is 12.3 Å². The molecule has 1 aliphatic heterocycles. The first-order chi connectivity index (χ1) is 10.6. The highest BCUT2D eigenvalue weighted by Gasteiger charge is 2.32. The Morgan fingerprint density at radius 3 is 3.09 bits per heavy atom. The number of likely N-dealkylation sites (tertiary alicyclic amines) is 1. The summed E-state index contributed by atoms with van der Waals surface area (Å²) in [4.78, 5) is 18.0. The zero-order valence-corrected chi connectivity index (χ0v) is 12.8. The molecule has 3 rings (SSSR count). The van der Waals surface area contributed by atoms with Gasteiger partial charge in [-0.15, -0.1) is 0 Å². The van der Waals surface area contributed by atoms with Crippen molar-refractivity contribution in [3.8, 4) is 0 Å². The van der Waals surface area contributed by atoms with Crippen molar-refractivity contribution in [1.82, 2.24) is 15.0 Å². The number of carbonyl (C=O) groups is 1. The quantitative estimate of drug-likeness (QED) is 0.871. The Morgan fingerprint density at radius 1 is 1.50 bits per heavy atom. The molecular formula is C15H15ClFN3O2. The standard InChI is InChI=1S/C15H15ClFN3O2/c1-20-7-3-4-9(15(20)21)14-18-13(19-22-14)8-10-11(16)5-2-6-12(10)17/h2,5-6,9H,3-4,7-8H2,1H3. The molecule has 1 aromatic heterocycles. The molecule has 1 saturated heterocycles. The molecule has 1 aromatic carbocycles. The maximum Gasteiger partial charge on any atom is 0.239 e. The molecule has 1 unspecified atom stereocenters. The lowest BCUT2D eigenvalue weighted by molar-refractivity contribution is -0.134. The summed E-state index contributed by atoms with van der Waals surface area (Å²) < 4.78 is 19.0. The zero-order chi connectivity index (χ0) is 15.7. The molecule has 0 bridgehead atoms. The number of benzene rings is 1. The molecule has 1 fully saturated rings. The number of hydrogen-bond acceptors (Lipinski definition) is 4. The van der Waals surface area contributed by atoms with E-state index in [0.717, 1.165) is 13.0 Å². The van der Waals surface area contributed by atoms with Crippen LogP contribution in [0.5, 0.6) is 0 Å². The van der Waals surface area contributed by atoms with E-state index in [1.807, 2.05) is 0 Å². The lowest BCUT2D eigenvalue weighted by Gasteiger charge is -2.26. The maximum absolute atomic E-state index is 13.8. The average Bonchev–Trinajstić information content (AvgIpc) is 2.94. The van der Waals surface area contributed by atoms with Crippen molar-refractivity contribution in [3.63, 3.8) is 0 Å². The second kappa shape index (κ2) is 6.04. The van der Waals surface area contributed by atoms with Crippen molar-refractivity contribution >= 4 is 17.5 Å². The summed E-state index contributed by atoms with van der Waals surface area (Å²) >= 11 is 5.99. The minimum absolute atomic E-state index is 0.0228. The Kier molecular flexibility index (Phi) is 4.11. The Labute approximate surface area is 132 Å². The number of halogens is 2. The van der Waals surface area contributed by atoms with Crippen LogP contribution in [0.2, 0.25) is 5.02 Å². The van der Waals surface area contributed by atoms with E-state index < -0.39 is 11.7 Å². The minimum Gasteiger partial charge on any atom is -0.345 e. The van der Waals surface area contributed by atoms with Gasteiger partial charge in [-0.2, -0.15) is 4.98 Å². The zero-order valence-electron chi connectivity index (χ0n) is 12.1. The number of aromatic nitrogens is 2. The van der Waals surface area contributed by atoms with Gasteiger partial charge < -0.3 is 9.42 Å². The molecule has 2 aromatic rings. The van der Waals surface area contributed by atoms with Crippen LogP contribution < -0.4 is 0 Å². The summed E-state index contributed by atoms with van der Waals surface area (Å²) in [6.07, 6.45) is 1.71. The fourth-order valence-corrected chi connectivity index (χ4v) is 2.83. The predicted molar refractivity (Wildman–Crippen MR) is 78.1 cm³/mol. The normalized spacial score (nSPS) is 18.8. The molecule has 7 heteroatoms. The van der Waals surface area contributed by atoms with Gasteiger partial charge in [-0.25, -0.2) is 4.39 Å². The fourth-order valence-electron chi connectivity index (χ4n) is 2.60. The molecule has 1 aliphatic rings. The van der Waals surface area contributed by atoms with Gasteiger partial charge in [-0.1, -0.05) is 22.8 Å². The lowest BCUT2D eigenvalue weighted by atomic mass is 9.97. The number of piperidine rings is 1. The van der Waals surface area contributed by atoms with E-state index in [0.29, 0.717) is 28.7 Å². The van der Waals surface area contributed by atoms with Gasteiger partial charge in [0.15, 0.2) is 5.82 Å². The first kappa shape index (κ1) is 15.0. The van der Waals surface area contributed by atoms with Crippen LogP contribution in [-0.2, 0) is 11.2 Å². The summed E-state index contributed by atoms with van der Waals surface area (Å²) in [5, 5.41) is 4.17. The largest absolute Gasteiger partial charge is 0.345 e. The van der Waals surface area contributed by atoms with Crippen molar-refractivity contribution in [1.29, 1.82) is 0 Å². The summed E-state index contributed by atoms with van der Waals surface area (Å²) in [5.74, 6) is -0.226. The molecular weight excluding hydrogens is 309 g/mol. The first-order valence-corrected chi connectivity index (χ1v) is 7.44. The van der Waals surface area contributed by atoms with Gasteiger partial charge in [-0.05, 0) is 25.0 Å². The van der Waals surface area contributed by atoms with E-state index in [9.17, 15) is 9.18 Å². The van der Waals surface area contributed by atoms with Crippen LogP contribution in [0.25, 0.3) is 0 Å². The van der Waals surface area contributed by atoms with Gasteiger partial charge in [0.25, 0.3) is 0 Å². The third-order valence-electron chi connectivity index (χ3n) is 3.84. The smallest absolute Gasteiger partial charge is 0.239 e. The second-order valence-electron chi connectivity index (χ2n) is 5.38. The third-order valence-corrected chi connectivity index (χ3v) is 4.19. The Bertz CT molecular complexity index is 684. The SMILES string of the molecule is CN1CCCC(c2nc(Cc3c(F)cccc3Cl)no2)C1=O. The number of amides is 1. The van der Waals surface area contributed by atoms with Gasteiger partial charge in [0.05, 0.1) is 0 Å². The molecule has 0 saturated carbocycles. The molecule has 22 heavy (non-hydrogen) atoms. The predicted octanol–water partition coefficient (Wildman–Crippen LogP) is 2.79. The van der Waals surface area contributed by atoms with Gasteiger partial charge >= 0.3 is 0 Å². The molecule has 1 amide bonds. The second-order valence-corrected chi connectivity index (χ2v) is 5.79. The number of hydrogen-bond donors (Lipinski definition) is 0. The van der Waals surface area contributed by atoms with Crippen LogP contribution >= 0.6 is 11.6 Å². The van der Waals surface area contributed by atoms with Crippen molar-refractivity contribution in [2.45, 2.75) is 25.2 Å². The van der Waals surface area contributed by atoms with E-state index in [4.69, 9.17) is 16.1 Å². The van der Waals surface area contributed by atoms with Crippen molar-refractivity contribution < 1.29 is 13.7 Å². The van der Waals surface area contributed by atoms with Gasteiger partial charge in [-0.3, -0.25) is 4.79 Å². The highest BCUT2D eigenvalue weighted by molar-refractivity contribution is 6.31. The van der Waals surface area contributed by atoms with Crippen molar-refractivity contribution in [3.05, 3.63) is 46.3 Å². The number of likely N-dealkylation sites (N-methyl/N-ethyl adjacent to an activating group) is 1. The Morgan fingerprint density at radius 2 is 2.32 bits per heavy atom. The van der Waals surface area contributed by atoms with Crippen LogP contribution in [0.4, 0.5) is 4.39 Å². The first-order valence-electron chi connectivity index (χ1n) is 7.06. The molecule has 0 aliphatic carbocycles. The van der Waals surface area contributed by atoms with Crippen LogP contribution in [-0.4, -0.2) is 34.5 Å². The molecule has 1 atom stereocenters. The van der Waals surface area contributed by atoms with Crippen LogP contribution in [0.3, 0.4) is 0 Å². The summed E-state index contributed by atoms with van der Waals surface area (Å²) in [5.41, 5.74) is 0.323. The topological polar surface area (TPSA) is 59.2 Å². The van der Waals surface area contributed by atoms with Crippen LogP contribution in [0, 0.1) is 5.82 Å². The van der Waals surface area contributed by atoms with Crippen LogP contribution in [0.1, 0.15) is 36.0 Å². The van der Waals surface area contributed by atoms with Crippen LogP contribution in [0.15, 0.2) is 22.7 Å². The van der Waals surface area contributed by atoms with Crippen molar-refractivity contribution in [2.24, 2.45) is 0 Å². The Balaban J connectivity index is 1.81. The van der Waals surface area contributed by atoms with Gasteiger partial charge in [0.2, 0.25) is 11.8 Å². The number of rotatable bonds is 3. The minimum atomic E-state index is -0.410. The van der Waals surface area contributed by atoms with E-state index in [1.54, 1.807) is 24.1 Å². The molecule has 116 valence electrons. The summed E-state index contributed by atoms with van der Waals surface area (Å²) in [6, 6.07) is 4.49. The van der Waals surface area contributed by atoms with E-state index in [2.05, 4.69) is 10.1 Å². The van der Waals surface area contributed by atoms with Gasteiger partial charge in [0, 0.05) is 30.6 Å². The number of nitrogens with zero attached hydrogens (tertiary/aromatic N) is 3. The van der Waals surface area contributed by atoms with E-state index >= 15 is 0 Å². The third kappa shape index (κ3) is 2.83. The summed E-state index contributed by atoms with van der Waals surface area (Å²) in [6.45, 7) is 0.737. The molecule has 5 nitrogen and oxygen atoms in total. The molecule has 2 heterocycles. The maximum atomic E-state index is 13.8. The van der Waals surface area contributed by atoms with Gasteiger partial charge in [0.1, 0.15) is 11.7 Å². The molecule has 0 radical (unpaired) electrons. The lowest BCUT2D eigenvalue weighted by Crippen LogP contribution is -2.37. The Hall–Kier alpha value is -1.95. The average molecular weight is 324 g/mol. The molecule has 0 N–H and O–H groups in total. The number of carbonyl (C=O) groups excluding carboxylic acids is 1. The van der Waals surface area contributed by atoms with Crippen molar-refractivity contribution in [2.75, 3.05) is 13.6 Å². The highest BCUT2D eigenvalue weighted by atomic mass is 35.5. The summed E-state index contributed by atoms with van der Waals surface area (Å²) in [7, 11) is 1.75. The fraction of sp³-hybridized carbons (Fsp3) is 0.400. The van der Waals surface area contributed by atoms with E-state index in [1.165, 1.54) is 6.07 Å². The highest BCUT2D eigenvalue weighted by Crippen LogP contribution is 2.27. The molecule has 0 spiro atoms.